The van der Waals surface area contributed by atoms with E-state index in [2.05, 4.69) is 25.9 Å². The predicted molar refractivity (Wildman–Crippen MR) is 83.4 cm³/mol. The number of hydrogen-bond donors (Lipinski definition) is 1. The SMILES string of the molecule is COc1ccccc1N(CCCN)c1ncc(Br)cn1. The average Bonchev–Trinajstić information content (AvgIpc) is 2.50. The number of ether oxygens (including phenoxy) is 1. The molecule has 0 aliphatic carbocycles. The molecule has 5 nitrogen and oxygen atoms in total. The van der Waals surface area contributed by atoms with Crippen LogP contribution >= 0.6 is 15.9 Å². The van der Waals surface area contributed by atoms with Crippen LogP contribution < -0.4 is 15.4 Å². The van der Waals surface area contributed by atoms with Crippen molar-refractivity contribution >= 4 is 27.6 Å². The third-order valence-corrected chi connectivity index (χ3v) is 3.22. The maximum absolute atomic E-state index is 5.62. The van der Waals surface area contributed by atoms with Gasteiger partial charge in [-0.1, -0.05) is 12.1 Å². The Labute approximate surface area is 126 Å². The standard InChI is InChI=1S/C14H17BrN4O/c1-20-13-6-3-2-5-12(13)19(8-4-7-16)14-17-9-11(15)10-18-14/h2-3,5-6,9-10H,4,7-8,16H2,1H3. The fourth-order valence-corrected chi connectivity index (χ4v) is 2.08. The molecule has 0 unspecified atom stereocenters. The summed E-state index contributed by atoms with van der Waals surface area (Å²) < 4.78 is 6.26. The van der Waals surface area contributed by atoms with Gasteiger partial charge >= 0.3 is 0 Å². The van der Waals surface area contributed by atoms with Gasteiger partial charge in [0.25, 0.3) is 0 Å². The molecule has 2 aromatic rings. The van der Waals surface area contributed by atoms with Gasteiger partial charge in [-0.2, -0.15) is 0 Å². The van der Waals surface area contributed by atoms with Crippen LogP contribution in [0.1, 0.15) is 6.42 Å². The second-order valence-electron chi connectivity index (χ2n) is 4.17. The van der Waals surface area contributed by atoms with E-state index in [1.807, 2.05) is 29.2 Å². The van der Waals surface area contributed by atoms with Crippen LogP contribution in [0.4, 0.5) is 11.6 Å². The van der Waals surface area contributed by atoms with E-state index in [0.717, 1.165) is 28.9 Å². The summed E-state index contributed by atoms with van der Waals surface area (Å²) in [4.78, 5) is 10.7. The quantitative estimate of drug-likeness (QED) is 0.878. The van der Waals surface area contributed by atoms with E-state index in [9.17, 15) is 0 Å². The molecule has 20 heavy (non-hydrogen) atoms. The number of nitrogens with zero attached hydrogens (tertiary/aromatic N) is 3. The molecule has 0 spiro atoms. The first-order valence-electron chi connectivity index (χ1n) is 6.34. The molecule has 2 rings (SSSR count). The molecule has 0 saturated heterocycles. The monoisotopic (exact) mass is 336 g/mol. The first-order chi connectivity index (χ1) is 9.76. The van der Waals surface area contributed by atoms with Crippen LogP contribution in [0.3, 0.4) is 0 Å². The van der Waals surface area contributed by atoms with E-state index in [1.165, 1.54) is 0 Å². The zero-order valence-electron chi connectivity index (χ0n) is 11.3. The van der Waals surface area contributed by atoms with E-state index in [0.29, 0.717) is 12.5 Å². The number of nitrogens with two attached hydrogens (primary N) is 1. The Hall–Kier alpha value is -1.66. The number of rotatable bonds is 6. The minimum absolute atomic E-state index is 0.613. The van der Waals surface area contributed by atoms with Crippen molar-refractivity contribution in [3.8, 4) is 5.75 Å². The molecule has 0 amide bonds. The molecule has 0 fully saturated rings. The van der Waals surface area contributed by atoms with Gasteiger partial charge in [0, 0.05) is 18.9 Å². The van der Waals surface area contributed by atoms with E-state index in [1.54, 1.807) is 19.5 Å². The Morgan fingerprint density at radius 3 is 2.60 bits per heavy atom. The summed E-state index contributed by atoms with van der Waals surface area (Å²) in [6.45, 7) is 1.35. The zero-order valence-corrected chi connectivity index (χ0v) is 12.9. The van der Waals surface area contributed by atoms with Crippen LogP contribution in [0.5, 0.6) is 5.75 Å². The van der Waals surface area contributed by atoms with Crippen molar-refractivity contribution in [2.24, 2.45) is 5.73 Å². The highest BCUT2D eigenvalue weighted by Crippen LogP contribution is 2.31. The Bertz CT molecular complexity index is 547. The van der Waals surface area contributed by atoms with Gasteiger partial charge in [0.05, 0.1) is 17.3 Å². The maximum Gasteiger partial charge on any atom is 0.229 e. The van der Waals surface area contributed by atoms with Gasteiger partial charge in [-0.15, -0.1) is 0 Å². The van der Waals surface area contributed by atoms with Gasteiger partial charge in [-0.3, -0.25) is 0 Å². The fourth-order valence-electron chi connectivity index (χ4n) is 1.88. The lowest BCUT2D eigenvalue weighted by Gasteiger charge is -2.24. The van der Waals surface area contributed by atoms with Gasteiger partial charge < -0.3 is 15.4 Å². The molecule has 2 N–H and O–H groups in total. The van der Waals surface area contributed by atoms with Gasteiger partial charge in [0.2, 0.25) is 5.95 Å². The summed E-state index contributed by atoms with van der Waals surface area (Å²) in [6.07, 6.45) is 4.30. The highest BCUT2D eigenvalue weighted by atomic mass is 79.9. The molecular formula is C14H17BrN4O. The maximum atomic E-state index is 5.62. The van der Waals surface area contributed by atoms with Gasteiger partial charge in [0.1, 0.15) is 5.75 Å². The van der Waals surface area contributed by atoms with Gasteiger partial charge in [-0.05, 0) is 41.0 Å². The van der Waals surface area contributed by atoms with E-state index in [-0.39, 0.29) is 0 Å². The Morgan fingerprint density at radius 1 is 1.25 bits per heavy atom. The lowest BCUT2D eigenvalue weighted by Crippen LogP contribution is -2.23. The predicted octanol–water partition coefficient (Wildman–Crippen LogP) is 2.73. The van der Waals surface area contributed by atoms with Crippen molar-refractivity contribution in [1.29, 1.82) is 0 Å². The fraction of sp³-hybridized carbons (Fsp3) is 0.286. The Kier molecular flexibility index (Phi) is 5.31. The Balaban J connectivity index is 2.38. The number of para-hydroxylation sites is 2. The first-order valence-corrected chi connectivity index (χ1v) is 7.13. The molecule has 0 bridgehead atoms. The number of anilines is 2. The second kappa shape index (κ2) is 7.21. The molecule has 106 valence electrons. The van der Waals surface area contributed by atoms with Crippen LogP contribution in [0.25, 0.3) is 0 Å². The summed E-state index contributed by atoms with van der Waals surface area (Å²) in [5.41, 5.74) is 6.56. The zero-order chi connectivity index (χ0) is 14.4. The topological polar surface area (TPSA) is 64.3 Å². The van der Waals surface area contributed by atoms with Crippen molar-refractivity contribution in [2.45, 2.75) is 6.42 Å². The van der Waals surface area contributed by atoms with Gasteiger partial charge in [0.15, 0.2) is 0 Å². The number of methoxy groups -OCH3 is 1. The van der Waals surface area contributed by atoms with Crippen molar-refractivity contribution in [1.82, 2.24) is 9.97 Å². The van der Waals surface area contributed by atoms with Crippen LogP contribution in [0, 0.1) is 0 Å². The second-order valence-corrected chi connectivity index (χ2v) is 5.08. The molecule has 6 heteroatoms. The smallest absolute Gasteiger partial charge is 0.229 e. The molecule has 0 aliphatic rings. The number of aromatic nitrogens is 2. The van der Waals surface area contributed by atoms with Crippen LogP contribution in [0.2, 0.25) is 0 Å². The lowest BCUT2D eigenvalue weighted by atomic mass is 10.2. The van der Waals surface area contributed by atoms with Crippen molar-refractivity contribution in [3.63, 3.8) is 0 Å². The van der Waals surface area contributed by atoms with Gasteiger partial charge in [-0.25, -0.2) is 9.97 Å². The molecular weight excluding hydrogens is 320 g/mol. The highest BCUT2D eigenvalue weighted by Gasteiger charge is 2.15. The van der Waals surface area contributed by atoms with Crippen LogP contribution in [0.15, 0.2) is 41.1 Å². The number of halogens is 1. The van der Waals surface area contributed by atoms with Crippen molar-refractivity contribution < 1.29 is 4.74 Å². The van der Waals surface area contributed by atoms with Crippen LogP contribution in [-0.2, 0) is 0 Å². The summed E-state index contributed by atoms with van der Waals surface area (Å²) in [5, 5.41) is 0. The number of benzene rings is 1. The minimum atomic E-state index is 0.613. The normalized spacial score (nSPS) is 10.3. The molecule has 0 atom stereocenters. The molecule has 0 radical (unpaired) electrons. The van der Waals surface area contributed by atoms with Crippen molar-refractivity contribution in [2.75, 3.05) is 25.1 Å². The molecule has 1 aromatic carbocycles. The highest BCUT2D eigenvalue weighted by molar-refractivity contribution is 9.10. The van der Waals surface area contributed by atoms with E-state index in [4.69, 9.17) is 10.5 Å². The van der Waals surface area contributed by atoms with E-state index >= 15 is 0 Å². The lowest BCUT2D eigenvalue weighted by molar-refractivity contribution is 0.415. The third kappa shape index (κ3) is 3.46. The summed E-state index contributed by atoms with van der Waals surface area (Å²) >= 11 is 3.34. The summed E-state index contributed by atoms with van der Waals surface area (Å²) in [7, 11) is 1.66. The molecule has 0 saturated carbocycles. The molecule has 1 heterocycles. The summed E-state index contributed by atoms with van der Waals surface area (Å²) in [6, 6.07) is 7.81. The molecule has 0 aliphatic heterocycles. The first kappa shape index (κ1) is 14.7. The largest absolute Gasteiger partial charge is 0.495 e. The summed E-state index contributed by atoms with van der Waals surface area (Å²) in [5.74, 6) is 1.42. The van der Waals surface area contributed by atoms with Crippen molar-refractivity contribution in [3.05, 3.63) is 41.1 Å². The van der Waals surface area contributed by atoms with Crippen LogP contribution in [-0.4, -0.2) is 30.2 Å². The minimum Gasteiger partial charge on any atom is -0.495 e. The average molecular weight is 337 g/mol. The van der Waals surface area contributed by atoms with E-state index < -0.39 is 0 Å². The Morgan fingerprint density at radius 2 is 1.95 bits per heavy atom. The number of hydrogen-bond acceptors (Lipinski definition) is 5. The molecule has 1 aromatic heterocycles. The third-order valence-electron chi connectivity index (χ3n) is 2.81.